The molecule has 0 bridgehead atoms. The molecule has 1 N–H and O–H groups in total. The molecule has 0 spiro atoms. The number of carbonyl (C=O) groups excluding carboxylic acids is 3. The van der Waals surface area contributed by atoms with E-state index in [0.29, 0.717) is 45.7 Å². The van der Waals surface area contributed by atoms with Gasteiger partial charge in [-0.2, -0.15) is 0 Å². The zero-order valence-corrected chi connectivity index (χ0v) is 19.6. The Morgan fingerprint density at radius 3 is 2.41 bits per heavy atom. The number of carbonyl (C=O) groups is 3. The van der Waals surface area contributed by atoms with Crippen molar-refractivity contribution >= 4 is 17.7 Å². The van der Waals surface area contributed by atoms with Crippen LogP contribution in [0.1, 0.15) is 55.3 Å². The Morgan fingerprint density at radius 2 is 1.76 bits per heavy atom. The minimum absolute atomic E-state index is 0.0176. The van der Waals surface area contributed by atoms with Gasteiger partial charge in [0.25, 0.3) is 5.91 Å². The first-order valence-corrected chi connectivity index (χ1v) is 12.5. The first kappa shape index (κ1) is 24.6. The van der Waals surface area contributed by atoms with Crippen molar-refractivity contribution in [3.05, 3.63) is 35.4 Å². The fourth-order valence-corrected chi connectivity index (χ4v) is 5.51. The lowest BCUT2D eigenvalue weighted by Crippen LogP contribution is -2.58. The van der Waals surface area contributed by atoms with E-state index in [4.69, 9.17) is 0 Å². The van der Waals surface area contributed by atoms with E-state index in [9.17, 15) is 23.2 Å². The number of hydrogen-bond donors (Lipinski definition) is 1. The Bertz CT molecular complexity index is 898. The van der Waals surface area contributed by atoms with Crippen molar-refractivity contribution in [1.29, 1.82) is 0 Å². The van der Waals surface area contributed by atoms with Gasteiger partial charge in [0, 0.05) is 58.3 Å². The van der Waals surface area contributed by atoms with E-state index in [1.54, 1.807) is 4.90 Å². The van der Waals surface area contributed by atoms with Gasteiger partial charge in [0.05, 0.1) is 11.6 Å². The molecule has 0 aromatic heterocycles. The van der Waals surface area contributed by atoms with E-state index in [2.05, 4.69) is 10.2 Å². The van der Waals surface area contributed by atoms with Crippen molar-refractivity contribution in [3.63, 3.8) is 0 Å². The minimum Gasteiger partial charge on any atom is -0.355 e. The molecule has 1 saturated carbocycles. The maximum Gasteiger partial charge on any atom is 0.256 e. The van der Waals surface area contributed by atoms with Crippen molar-refractivity contribution in [1.82, 2.24) is 20.0 Å². The summed E-state index contributed by atoms with van der Waals surface area (Å²) in [7, 11) is 0. The Kier molecular flexibility index (Phi) is 8.13. The van der Waals surface area contributed by atoms with Gasteiger partial charge in [-0.05, 0) is 43.7 Å². The lowest BCUT2D eigenvalue weighted by Gasteiger charge is -2.40. The fourth-order valence-electron chi connectivity index (χ4n) is 5.51. The number of hydrogen-bond acceptors (Lipinski definition) is 4. The van der Waals surface area contributed by atoms with E-state index in [0.717, 1.165) is 57.2 Å². The highest BCUT2D eigenvalue weighted by Gasteiger charge is 2.37. The molecule has 1 aliphatic carbocycles. The molecule has 7 nitrogen and oxygen atoms in total. The van der Waals surface area contributed by atoms with Gasteiger partial charge in [0.2, 0.25) is 11.8 Å². The number of halogens is 2. The molecule has 3 aliphatic rings. The third-order valence-corrected chi connectivity index (χ3v) is 7.35. The third kappa shape index (κ3) is 5.74. The monoisotopic (exact) mass is 476 g/mol. The van der Waals surface area contributed by atoms with Gasteiger partial charge in [-0.25, -0.2) is 8.78 Å². The number of nitrogens with zero attached hydrogens (tertiary/aromatic N) is 3. The smallest absolute Gasteiger partial charge is 0.256 e. The summed E-state index contributed by atoms with van der Waals surface area (Å²) < 4.78 is 27.3. The summed E-state index contributed by atoms with van der Waals surface area (Å²) in [4.78, 5) is 43.3. The van der Waals surface area contributed by atoms with Crippen molar-refractivity contribution in [2.24, 2.45) is 5.92 Å². The quantitative estimate of drug-likeness (QED) is 0.585. The second-order valence-corrected chi connectivity index (χ2v) is 9.57. The van der Waals surface area contributed by atoms with E-state index < -0.39 is 17.5 Å². The summed E-state index contributed by atoms with van der Waals surface area (Å²) in [5.74, 6) is -1.51. The van der Waals surface area contributed by atoms with Crippen molar-refractivity contribution in [2.75, 3.05) is 45.8 Å². The second-order valence-electron chi connectivity index (χ2n) is 9.57. The van der Waals surface area contributed by atoms with E-state index in [1.807, 2.05) is 4.90 Å². The zero-order chi connectivity index (χ0) is 24.1. The summed E-state index contributed by atoms with van der Waals surface area (Å²) in [6, 6.07) is 2.76. The molecule has 9 heteroatoms. The molecule has 1 atom stereocenters. The molecule has 4 rings (SSSR count). The lowest BCUT2D eigenvalue weighted by atomic mass is 9.95. The largest absolute Gasteiger partial charge is 0.355 e. The van der Waals surface area contributed by atoms with Crippen LogP contribution in [0.2, 0.25) is 0 Å². The molecule has 2 aliphatic heterocycles. The van der Waals surface area contributed by atoms with Crippen LogP contribution in [-0.4, -0.2) is 84.3 Å². The van der Waals surface area contributed by atoms with Crippen LogP contribution in [0.3, 0.4) is 0 Å². The first-order chi connectivity index (χ1) is 16.4. The lowest BCUT2D eigenvalue weighted by molar-refractivity contribution is -0.129. The van der Waals surface area contributed by atoms with E-state index in [1.165, 1.54) is 6.07 Å². The summed E-state index contributed by atoms with van der Waals surface area (Å²) in [5.41, 5.74) is -0.128. The van der Waals surface area contributed by atoms with Gasteiger partial charge >= 0.3 is 0 Å². The van der Waals surface area contributed by atoms with E-state index in [-0.39, 0.29) is 29.3 Å². The van der Waals surface area contributed by atoms with Crippen molar-refractivity contribution in [2.45, 2.75) is 51.0 Å². The summed E-state index contributed by atoms with van der Waals surface area (Å²) in [5, 5.41) is 3.08. The molecule has 0 radical (unpaired) electrons. The number of piperazine rings is 1. The molecule has 2 saturated heterocycles. The number of nitrogens with one attached hydrogen (secondary N) is 1. The number of rotatable bonds is 8. The minimum atomic E-state index is -0.855. The highest BCUT2D eigenvalue weighted by atomic mass is 19.1. The Labute approximate surface area is 199 Å². The summed E-state index contributed by atoms with van der Waals surface area (Å²) in [6.45, 7) is 3.87. The maximum atomic E-state index is 14.1. The number of amides is 3. The molecular weight excluding hydrogens is 442 g/mol. The SMILES string of the molecule is O=C(NCCCN1CCCC1=O)C(C1CCCC1)N1CCN(C(=O)c2ccc(F)cc2F)CC1. The van der Waals surface area contributed by atoms with Crippen LogP contribution < -0.4 is 5.32 Å². The second kappa shape index (κ2) is 11.3. The number of benzene rings is 1. The van der Waals surface area contributed by atoms with Gasteiger partial charge in [-0.1, -0.05) is 12.8 Å². The molecule has 3 amide bonds. The Morgan fingerprint density at radius 1 is 1.03 bits per heavy atom. The highest BCUT2D eigenvalue weighted by Crippen LogP contribution is 2.31. The van der Waals surface area contributed by atoms with Gasteiger partial charge in [0.1, 0.15) is 11.6 Å². The maximum absolute atomic E-state index is 14.1. The van der Waals surface area contributed by atoms with Crippen LogP contribution in [0.5, 0.6) is 0 Å². The van der Waals surface area contributed by atoms with Crippen LogP contribution in [0, 0.1) is 17.6 Å². The summed E-state index contributed by atoms with van der Waals surface area (Å²) in [6.07, 6.45) is 6.54. The third-order valence-electron chi connectivity index (χ3n) is 7.35. The van der Waals surface area contributed by atoms with Crippen LogP contribution in [0.4, 0.5) is 8.78 Å². The molecule has 1 unspecified atom stereocenters. The number of likely N-dealkylation sites (tertiary alicyclic amines) is 1. The van der Waals surface area contributed by atoms with Crippen LogP contribution in [0.25, 0.3) is 0 Å². The normalized spacial score (nSPS) is 20.7. The van der Waals surface area contributed by atoms with Gasteiger partial charge in [-0.3, -0.25) is 19.3 Å². The fraction of sp³-hybridized carbons (Fsp3) is 0.640. The highest BCUT2D eigenvalue weighted by molar-refractivity contribution is 5.94. The summed E-state index contributed by atoms with van der Waals surface area (Å²) >= 11 is 0. The van der Waals surface area contributed by atoms with E-state index >= 15 is 0 Å². The molecular formula is C25H34F2N4O3. The topological polar surface area (TPSA) is 73.0 Å². The average molecular weight is 477 g/mol. The predicted octanol–water partition coefficient (Wildman–Crippen LogP) is 2.41. The zero-order valence-electron chi connectivity index (χ0n) is 19.6. The molecule has 2 heterocycles. The van der Waals surface area contributed by atoms with Gasteiger partial charge in [0.15, 0.2) is 0 Å². The van der Waals surface area contributed by atoms with Gasteiger partial charge in [-0.15, -0.1) is 0 Å². The molecule has 3 fully saturated rings. The van der Waals surface area contributed by atoms with Crippen molar-refractivity contribution in [3.8, 4) is 0 Å². The van der Waals surface area contributed by atoms with Crippen LogP contribution in [-0.2, 0) is 9.59 Å². The molecule has 186 valence electrons. The standard InChI is InChI=1S/C25H34F2N4O3/c26-19-8-9-20(21(27)17-19)25(34)31-15-13-30(14-16-31)23(18-5-1-2-6-18)24(33)28-10-4-12-29-11-3-7-22(29)32/h8-9,17-18,23H,1-7,10-16H2,(H,28,33). The van der Waals surface area contributed by atoms with Crippen LogP contribution >= 0.6 is 0 Å². The average Bonchev–Trinajstić information content (AvgIpc) is 3.49. The van der Waals surface area contributed by atoms with Crippen molar-refractivity contribution < 1.29 is 23.2 Å². The Balaban J connectivity index is 1.31. The van der Waals surface area contributed by atoms with Gasteiger partial charge < -0.3 is 15.1 Å². The predicted molar refractivity (Wildman–Crippen MR) is 123 cm³/mol. The molecule has 1 aromatic carbocycles. The van der Waals surface area contributed by atoms with Crippen LogP contribution in [0.15, 0.2) is 18.2 Å². The molecule has 1 aromatic rings. The Hall–Kier alpha value is -2.55. The molecule has 34 heavy (non-hydrogen) atoms. The first-order valence-electron chi connectivity index (χ1n) is 12.5.